The van der Waals surface area contributed by atoms with E-state index in [1.807, 2.05) is 0 Å². The fourth-order valence-corrected chi connectivity index (χ4v) is 2.90. The Hall–Kier alpha value is -0.0700. The summed E-state index contributed by atoms with van der Waals surface area (Å²) in [6.07, 6.45) is 0.164. The number of halogens is 1. The van der Waals surface area contributed by atoms with Crippen LogP contribution in [0.3, 0.4) is 0 Å². The largest absolute Gasteiger partial charge is 0.247 e. The van der Waals surface area contributed by atoms with E-state index in [0.717, 1.165) is 6.42 Å². The molecule has 0 aromatic heterocycles. The lowest BCUT2D eigenvalue weighted by molar-refractivity contribution is 0.0481. The zero-order chi connectivity index (χ0) is 9.78. The van der Waals surface area contributed by atoms with Crippen molar-refractivity contribution in [1.29, 1.82) is 0 Å². The predicted octanol–water partition coefficient (Wildman–Crippen LogP) is 3.81. The average molecular weight is 172 g/mol. The summed E-state index contributed by atoms with van der Waals surface area (Å²) in [7, 11) is 0. The minimum absolute atomic E-state index is 0.0833. The molecule has 0 N–H and O–H groups in total. The third kappa shape index (κ3) is 1.09. The maximum absolute atomic E-state index is 13.4. The SMILES string of the molecule is CC(C)(C)C1(C(C)(C)C)CC1F. The summed E-state index contributed by atoms with van der Waals surface area (Å²) in [5.74, 6) is 0. The third-order valence-corrected chi connectivity index (χ3v) is 3.55. The van der Waals surface area contributed by atoms with Crippen molar-refractivity contribution in [2.24, 2.45) is 16.2 Å². The van der Waals surface area contributed by atoms with Crippen molar-refractivity contribution in [2.45, 2.75) is 54.1 Å². The molecule has 0 amide bonds. The summed E-state index contributed by atoms with van der Waals surface area (Å²) in [6.45, 7) is 12.9. The Balaban J connectivity index is 2.96. The van der Waals surface area contributed by atoms with Crippen molar-refractivity contribution in [3.63, 3.8) is 0 Å². The van der Waals surface area contributed by atoms with Gasteiger partial charge in [0, 0.05) is 5.41 Å². The first kappa shape index (κ1) is 10.0. The molecule has 72 valence electrons. The standard InChI is InChI=1S/C11H21F/c1-9(2,3)11(7-8(11)12)10(4,5)6/h8H,7H2,1-6H3. The first-order chi connectivity index (χ1) is 5.13. The van der Waals surface area contributed by atoms with Crippen LogP contribution < -0.4 is 0 Å². The highest BCUT2D eigenvalue weighted by molar-refractivity contribution is 5.15. The van der Waals surface area contributed by atoms with E-state index in [1.165, 1.54) is 0 Å². The summed E-state index contributed by atoms with van der Waals surface area (Å²) in [4.78, 5) is 0. The Bertz CT molecular complexity index is 166. The average Bonchev–Trinajstić information content (AvgIpc) is 2.36. The first-order valence-corrected chi connectivity index (χ1v) is 4.77. The Morgan fingerprint density at radius 2 is 1.25 bits per heavy atom. The minimum atomic E-state index is -0.586. The molecule has 1 atom stereocenters. The molecule has 0 bridgehead atoms. The van der Waals surface area contributed by atoms with Crippen LogP contribution >= 0.6 is 0 Å². The lowest BCUT2D eigenvalue weighted by atomic mass is 9.63. The predicted molar refractivity (Wildman–Crippen MR) is 50.9 cm³/mol. The molecule has 1 unspecified atom stereocenters. The van der Waals surface area contributed by atoms with Gasteiger partial charge < -0.3 is 0 Å². The van der Waals surface area contributed by atoms with Gasteiger partial charge in [0.2, 0.25) is 0 Å². The Labute approximate surface area is 75.5 Å². The van der Waals surface area contributed by atoms with Gasteiger partial charge in [-0.25, -0.2) is 4.39 Å². The van der Waals surface area contributed by atoms with Crippen molar-refractivity contribution < 1.29 is 4.39 Å². The van der Waals surface area contributed by atoms with Crippen LogP contribution in [0.25, 0.3) is 0 Å². The summed E-state index contributed by atoms with van der Waals surface area (Å²) >= 11 is 0. The molecule has 0 nitrogen and oxygen atoms in total. The van der Waals surface area contributed by atoms with E-state index in [0.29, 0.717) is 0 Å². The molecule has 1 heteroatoms. The highest BCUT2D eigenvalue weighted by Crippen LogP contribution is 2.69. The zero-order valence-electron chi connectivity index (χ0n) is 9.16. The lowest BCUT2D eigenvalue weighted by Gasteiger charge is -2.41. The Kier molecular flexibility index (Phi) is 1.87. The van der Waals surface area contributed by atoms with Crippen LogP contribution in [-0.4, -0.2) is 6.17 Å². The van der Waals surface area contributed by atoms with Gasteiger partial charge in [-0.15, -0.1) is 0 Å². The summed E-state index contributed by atoms with van der Waals surface area (Å²) in [5.41, 5.74) is 0.0926. The third-order valence-electron chi connectivity index (χ3n) is 3.55. The van der Waals surface area contributed by atoms with Gasteiger partial charge in [-0.1, -0.05) is 41.5 Å². The van der Waals surface area contributed by atoms with Gasteiger partial charge in [0.25, 0.3) is 0 Å². The van der Waals surface area contributed by atoms with Crippen molar-refractivity contribution in [3.8, 4) is 0 Å². The number of hydrogen-bond donors (Lipinski definition) is 0. The zero-order valence-corrected chi connectivity index (χ0v) is 9.16. The number of rotatable bonds is 0. The molecule has 1 aliphatic carbocycles. The van der Waals surface area contributed by atoms with Gasteiger partial charge in [0.05, 0.1) is 0 Å². The van der Waals surface area contributed by atoms with Crippen LogP contribution in [0, 0.1) is 16.2 Å². The molecular weight excluding hydrogens is 151 g/mol. The molecule has 1 rings (SSSR count). The quantitative estimate of drug-likeness (QED) is 0.521. The molecule has 1 fully saturated rings. The first-order valence-electron chi connectivity index (χ1n) is 4.77. The van der Waals surface area contributed by atoms with E-state index >= 15 is 0 Å². The van der Waals surface area contributed by atoms with Gasteiger partial charge >= 0.3 is 0 Å². The smallest absolute Gasteiger partial charge is 0.107 e. The van der Waals surface area contributed by atoms with Crippen LogP contribution in [0.15, 0.2) is 0 Å². The van der Waals surface area contributed by atoms with Gasteiger partial charge in [-0.3, -0.25) is 0 Å². The Morgan fingerprint density at radius 1 is 1.00 bits per heavy atom. The topological polar surface area (TPSA) is 0 Å². The molecular formula is C11H21F. The van der Waals surface area contributed by atoms with E-state index in [2.05, 4.69) is 41.5 Å². The molecule has 1 aliphatic rings. The summed E-state index contributed by atoms with van der Waals surface area (Å²) < 4.78 is 13.4. The van der Waals surface area contributed by atoms with Gasteiger partial charge in [0.1, 0.15) is 6.17 Å². The lowest BCUT2D eigenvalue weighted by Crippen LogP contribution is -2.36. The molecule has 0 spiro atoms. The summed E-state index contributed by atoms with van der Waals surface area (Å²) in [5, 5.41) is 0. The molecule has 0 aromatic rings. The maximum atomic E-state index is 13.4. The van der Waals surface area contributed by atoms with Crippen LogP contribution in [0.4, 0.5) is 4.39 Å². The van der Waals surface area contributed by atoms with Crippen LogP contribution in [0.5, 0.6) is 0 Å². The van der Waals surface area contributed by atoms with Crippen molar-refractivity contribution in [3.05, 3.63) is 0 Å². The van der Waals surface area contributed by atoms with Crippen molar-refractivity contribution in [2.75, 3.05) is 0 Å². The van der Waals surface area contributed by atoms with Gasteiger partial charge in [0.15, 0.2) is 0 Å². The summed E-state index contributed by atoms with van der Waals surface area (Å²) in [6, 6.07) is 0. The molecule has 0 saturated heterocycles. The maximum Gasteiger partial charge on any atom is 0.107 e. The van der Waals surface area contributed by atoms with E-state index in [9.17, 15) is 4.39 Å². The fraction of sp³-hybridized carbons (Fsp3) is 1.00. The molecule has 12 heavy (non-hydrogen) atoms. The van der Waals surface area contributed by atoms with Gasteiger partial charge in [-0.05, 0) is 17.3 Å². The molecule has 0 radical (unpaired) electrons. The second-order valence-electron chi connectivity index (χ2n) is 6.14. The van der Waals surface area contributed by atoms with E-state index < -0.39 is 6.17 Å². The monoisotopic (exact) mass is 172 g/mol. The highest BCUT2D eigenvalue weighted by atomic mass is 19.1. The van der Waals surface area contributed by atoms with E-state index in [4.69, 9.17) is 0 Å². The second-order valence-corrected chi connectivity index (χ2v) is 6.14. The van der Waals surface area contributed by atoms with Crippen molar-refractivity contribution >= 4 is 0 Å². The Morgan fingerprint density at radius 3 is 1.25 bits per heavy atom. The van der Waals surface area contributed by atoms with E-state index in [1.54, 1.807) is 0 Å². The van der Waals surface area contributed by atoms with Gasteiger partial charge in [-0.2, -0.15) is 0 Å². The second kappa shape index (κ2) is 2.24. The van der Waals surface area contributed by atoms with E-state index in [-0.39, 0.29) is 16.2 Å². The minimum Gasteiger partial charge on any atom is -0.247 e. The highest BCUT2D eigenvalue weighted by Gasteiger charge is 2.67. The fourth-order valence-electron chi connectivity index (χ4n) is 2.90. The molecule has 0 heterocycles. The molecule has 0 aliphatic heterocycles. The normalized spacial score (nSPS) is 28.8. The molecule has 1 saturated carbocycles. The number of hydrogen-bond acceptors (Lipinski definition) is 0. The van der Waals surface area contributed by atoms with Crippen LogP contribution in [-0.2, 0) is 0 Å². The van der Waals surface area contributed by atoms with Crippen molar-refractivity contribution in [1.82, 2.24) is 0 Å². The van der Waals surface area contributed by atoms with Crippen LogP contribution in [0.2, 0.25) is 0 Å². The number of alkyl halides is 1. The van der Waals surface area contributed by atoms with Crippen LogP contribution in [0.1, 0.15) is 48.0 Å². The molecule has 0 aromatic carbocycles.